The first-order valence-electron chi connectivity index (χ1n) is 9.55. The lowest BCUT2D eigenvalue weighted by atomic mass is 10.1. The van der Waals surface area contributed by atoms with Crippen LogP contribution in [0.5, 0.6) is 5.75 Å². The molecule has 7 nitrogen and oxygen atoms in total. The third-order valence-electron chi connectivity index (χ3n) is 4.63. The van der Waals surface area contributed by atoms with Crippen LogP contribution in [0.4, 0.5) is 0 Å². The van der Waals surface area contributed by atoms with Crippen molar-refractivity contribution in [3.63, 3.8) is 0 Å². The molecule has 0 fully saturated rings. The molecule has 0 spiro atoms. The van der Waals surface area contributed by atoms with E-state index in [9.17, 15) is 4.79 Å². The van der Waals surface area contributed by atoms with Gasteiger partial charge in [0, 0.05) is 11.3 Å². The molecular weight excluding hydrogens is 414 g/mol. The predicted octanol–water partition coefficient (Wildman–Crippen LogP) is 4.92. The molecule has 0 saturated heterocycles. The number of hydrogen-bond donors (Lipinski definition) is 0. The molecule has 2 heterocycles. The molecule has 0 N–H and O–H groups in total. The summed E-state index contributed by atoms with van der Waals surface area (Å²) in [5, 5.41) is 9.59. The van der Waals surface area contributed by atoms with Crippen LogP contribution >= 0.6 is 11.8 Å². The number of rotatable bonds is 7. The molecule has 8 heteroatoms. The first-order valence-corrected chi connectivity index (χ1v) is 10.5. The molecule has 0 bridgehead atoms. The number of aryl methyl sites for hydroxylation is 1. The molecule has 2 aromatic carbocycles. The van der Waals surface area contributed by atoms with E-state index in [1.807, 2.05) is 54.0 Å². The fourth-order valence-electron chi connectivity index (χ4n) is 3.10. The zero-order valence-electron chi connectivity index (χ0n) is 17.4. The number of carbonyl (C=O) groups excluding carboxylic acids is 1. The molecule has 0 unspecified atom stereocenters. The standard InChI is InChI=1S/C23H21N3O4S/c1-15-5-4-6-16(13-15)21-24-25-23(26(21)17-7-9-18(28-2)10-8-17)31-14-19-11-12-20(30-19)22(27)29-3/h4-13H,14H2,1-3H3. The van der Waals surface area contributed by atoms with E-state index in [-0.39, 0.29) is 5.76 Å². The van der Waals surface area contributed by atoms with Crippen molar-refractivity contribution in [3.05, 3.63) is 77.7 Å². The monoisotopic (exact) mass is 435 g/mol. The summed E-state index contributed by atoms with van der Waals surface area (Å²) in [6.45, 7) is 2.04. The topological polar surface area (TPSA) is 79.4 Å². The molecule has 0 atom stereocenters. The minimum Gasteiger partial charge on any atom is -0.497 e. The van der Waals surface area contributed by atoms with Crippen LogP contribution in [0.15, 0.2) is 70.2 Å². The maximum atomic E-state index is 11.6. The zero-order chi connectivity index (χ0) is 21.8. The largest absolute Gasteiger partial charge is 0.497 e. The highest BCUT2D eigenvalue weighted by molar-refractivity contribution is 7.98. The molecule has 4 rings (SSSR count). The Bertz CT molecular complexity index is 1200. The van der Waals surface area contributed by atoms with Gasteiger partial charge in [0.1, 0.15) is 11.5 Å². The average molecular weight is 436 g/mol. The number of aromatic nitrogens is 3. The summed E-state index contributed by atoms with van der Waals surface area (Å²) in [6, 6.07) is 19.2. The van der Waals surface area contributed by atoms with Crippen LogP contribution in [0.2, 0.25) is 0 Å². The summed E-state index contributed by atoms with van der Waals surface area (Å²) in [7, 11) is 2.96. The van der Waals surface area contributed by atoms with Gasteiger partial charge in [0.2, 0.25) is 5.76 Å². The van der Waals surface area contributed by atoms with Crippen molar-refractivity contribution in [1.82, 2.24) is 14.8 Å². The number of hydrogen-bond acceptors (Lipinski definition) is 7. The number of benzene rings is 2. The van der Waals surface area contributed by atoms with Gasteiger partial charge in [0.25, 0.3) is 0 Å². The van der Waals surface area contributed by atoms with Crippen molar-refractivity contribution in [2.45, 2.75) is 17.8 Å². The van der Waals surface area contributed by atoms with Crippen molar-refractivity contribution in [1.29, 1.82) is 0 Å². The Morgan fingerprint density at radius 2 is 1.87 bits per heavy atom. The quantitative estimate of drug-likeness (QED) is 0.301. The van der Waals surface area contributed by atoms with E-state index in [0.29, 0.717) is 16.7 Å². The van der Waals surface area contributed by atoms with Crippen LogP contribution < -0.4 is 4.74 Å². The second-order valence-corrected chi connectivity index (χ2v) is 7.70. The highest BCUT2D eigenvalue weighted by Gasteiger charge is 2.18. The molecule has 31 heavy (non-hydrogen) atoms. The van der Waals surface area contributed by atoms with Gasteiger partial charge in [-0.15, -0.1) is 10.2 Å². The van der Waals surface area contributed by atoms with Crippen LogP contribution in [0, 0.1) is 6.92 Å². The summed E-state index contributed by atoms with van der Waals surface area (Å²) in [5.41, 5.74) is 3.03. The molecule has 0 aliphatic rings. The van der Waals surface area contributed by atoms with E-state index in [2.05, 4.69) is 16.3 Å². The Morgan fingerprint density at radius 3 is 2.58 bits per heavy atom. The highest BCUT2D eigenvalue weighted by Crippen LogP contribution is 2.31. The second-order valence-electron chi connectivity index (χ2n) is 6.76. The fourth-order valence-corrected chi connectivity index (χ4v) is 3.95. The second kappa shape index (κ2) is 9.09. The Morgan fingerprint density at radius 1 is 1.06 bits per heavy atom. The van der Waals surface area contributed by atoms with Crippen molar-refractivity contribution in [2.24, 2.45) is 0 Å². The van der Waals surface area contributed by atoms with Crippen LogP contribution in [0.1, 0.15) is 21.9 Å². The summed E-state index contributed by atoms with van der Waals surface area (Å²) in [6.07, 6.45) is 0. The minimum atomic E-state index is -0.501. The van der Waals surface area contributed by atoms with Gasteiger partial charge in [-0.2, -0.15) is 0 Å². The maximum absolute atomic E-state index is 11.6. The molecule has 158 valence electrons. The lowest BCUT2D eigenvalue weighted by Crippen LogP contribution is -2.00. The van der Waals surface area contributed by atoms with E-state index in [0.717, 1.165) is 28.4 Å². The van der Waals surface area contributed by atoms with Gasteiger partial charge in [0.15, 0.2) is 11.0 Å². The van der Waals surface area contributed by atoms with Crippen LogP contribution in [-0.4, -0.2) is 35.0 Å². The molecule has 0 amide bonds. The summed E-state index contributed by atoms with van der Waals surface area (Å²) in [4.78, 5) is 11.6. The number of furan rings is 1. The van der Waals surface area contributed by atoms with E-state index >= 15 is 0 Å². The number of carbonyl (C=O) groups is 1. The number of esters is 1. The van der Waals surface area contributed by atoms with Gasteiger partial charge in [-0.3, -0.25) is 4.57 Å². The number of thioether (sulfide) groups is 1. The lowest BCUT2D eigenvalue weighted by Gasteiger charge is -2.11. The SMILES string of the molecule is COC(=O)c1ccc(CSc2nnc(-c3cccc(C)c3)n2-c2ccc(OC)cc2)o1. The van der Waals surface area contributed by atoms with E-state index in [1.54, 1.807) is 19.2 Å². The summed E-state index contributed by atoms with van der Waals surface area (Å²) < 4.78 is 17.6. The normalized spacial score (nSPS) is 10.8. The van der Waals surface area contributed by atoms with E-state index in [1.165, 1.54) is 18.9 Å². The van der Waals surface area contributed by atoms with Gasteiger partial charge >= 0.3 is 5.97 Å². The number of methoxy groups -OCH3 is 2. The lowest BCUT2D eigenvalue weighted by molar-refractivity contribution is 0.0563. The van der Waals surface area contributed by atoms with E-state index in [4.69, 9.17) is 13.9 Å². The average Bonchev–Trinajstić information content (AvgIpc) is 3.44. The van der Waals surface area contributed by atoms with E-state index < -0.39 is 5.97 Å². The molecule has 4 aromatic rings. The van der Waals surface area contributed by atoms with Gasteiger partial charge in [-0.05, 0) is 49.4 Å². The van der Waals surface area contributed by atoms with Gasteiger partial charge in [-0.25, -0.2) is 4.79 Å². The Kier molecular flexibility index (Phi) is 6.08. The molecule has 0 aliphatic carbocycles. The van der Waals surface area contributed by atoms with Crippen LogP contribution in [-0.2, 0) is 10.5 Å². The van der Waals surface area contributed by atoms with Crippen molar-refractivity contribution in [2.75, 3.05) is 14.2 Å². The van der Waals surface area contributed by atoms with Crippen molar-refractivity contribution >= 4 is 17.7 Å². The first-order chi connectivity index (χ1) is 15.1. The first kappa shape index (κ1) is 20.7. The van der Waals surface area contributed by atoms with Gasteiger partial charge in [-0.1, -0.05) is 35.5 Å². The number of ether oxygens (including phenoxy) is 2. The van der Waals surface area contributed by atoms with Crippen LogP contribution in [0.3, 0.4) is 0 Å². The summed E-state index contributed by atoms with van der Waals surface area (Å²) in [5.74, 6) is 2.32. The third kappa shape index (κ3) is 4.49. The molecule has 0 saturated carbocycles. The molecule has 2 aromatic heterocycles. The molecule has 0 aliphatic heterocycles. The molecular formula is C23H21N3O4S. The maximum Gasteiger partial charge on any atom is 0.373 e. The fraction of sp³-hybridized carbons (Fsp3) is 0.174. The minimum absolute atomic E-state index is 0.176. The van der Waals surface area contributed by atoms with Crippen molar-refractivity contribution < 1.29 is 18.7 Å². The Balaban J connectivity index is 1.68. The van der Waals surface area contributed by atoms with Gasteiger partial charge in [0.05, 0.1) is 20.0 Å². The van der Waals surface area contributed by atoms with Crippen LogP contribution in [0.25, 0.3) is 17.1 Å². The summed E-state index contributed by atoms with van der Waals surface area (Å²) >= 11 is 1.47. The number of nitrogens with zero attached hydrogens (tertiary/aromatic N) is 3. The molecule has 0 radical (unpaired) electrons. The third-order valence-corrected chi connectivity index (χ3v) is 5.58. The highest BCUT2D eigenvalue weighted by atomic mass is 32.2. The van der Waals surface area contributed by atoms with Gasteiger partial charge < -0.3 is 13.9 Å². The van der Waals surface area contributed by atoms with Crippen molar-refractivity contribution in [3.8, 4) is 22.8 Å². The Hall–Kier alpha value is -3.52. The predicted molar refractivity (Wildman–Crippen MR) is 118 cm³/mol. The Labute approximate surface area is 184 Å². The smallest absolute Gasteiger partial charge is 0.373 e. The zero-order valence-corrected chi connectivity index (χ0v) is 18.2.